The summed E-state index contributed by atoms with van der Waals surface area (Å²) in [7, 11) is 0. The number of nitrogens with one attached hydrogen (secondary N) is 1. The Morgan fingerprint density at radius 1 is 0.969 bits per heavy atom. The van der Waals surface area contributed by atoms with Crippen LogP contribution in [0.5, 0.6) is 0 Å². The van der Waals surface area contributed by atoms with Gasteiger partial charge in [0.2, 0.25) is 4.83 Å². The lowest BCUT2D eigenvalue weighted by Crippen LogP contribution is -2.44. The molecule has 0 aromatic heterocycles. The number of alkyl halides is 1. The monoisotopic (exact) mass is 521 g/mol. The number of esters is 3. The second kappa shape index (κ2) is 19.6. The molecule has 0 spiro atoms. The van der Waals surface area contributed by atoms with Gasteiger partial charge in [0.25, 0.3) is 0 Å². The number of hydrogen-bond acceptors (Lipinski definition) is 10. The quantitative estimate of drug-likeness (QED) is 0.198. The molecule has 32 heavy (non-hydrogen) atoms. The number of hydrogen-bond donors (Lipinski definition) is 2. The second-order valence-corrected chi connectivity index (χ2v) is 7.58. The highest BCUT2D eigenvalue weighted by atomic mass is 79.9. The van der Waals surface area contributed by atoms with E-state index in [4.69, 9.17) is 15.7 Å². The minimum atomic E-state index is -1.00. The van der Waals surface area contributed by atoms with Crippen molar-refractivity contribution in [2.75, 3.05) is 19.8 Å². The molecule has 0 amide bonds. The van der Waals surface area contributed by atoms with Crippen LogP contribution in [-0.4, -0.2) is 66.5 Å². The Bertz CT molecular complexity index is 599. The van der Waals surface area contributed by atoms with Crippen molar-refractivity contribution in [3.05, 3.63) is 0 Å². The van der Waals surface area contributed by atoms with Crippen molar-refractivity contribution < 1.29 is 33.4 Å². The van der Waals surface area contributed by atoms with E-state index < -0.39 is 28.8 Å². The van der Waals surface area contributed by atoms with Crippen LogP contribution < -0.4 is 11.1 Å². The van der Waals surface area contributed by atoms with Crippen molar-refractivity contribution >= 4 is 39.6 Å². The zero-order valence-electron chi connectivity index (χ0n) is 19.5. The van der Waals surface area contributed by atoms with Crippen LogP contribution in [0.2, 0.25) is 0 Å². The maximum atomic E-state index is 11.2. The molecule has 2 rings (SSSR count). The summed E-state index contributed by atoms with van der Waals surface area (Å²) in [5, 5.41) is 10.3. The Morgan fingerprint density at radius 2 is 1.31 bits per heavy atom. The van der Waals surface area contributed by atoms with Crippen LogP contribution in [0, 0.1) is 11.3 Å². The fraction of sp³-hybridized carbons (Fsp3) is 0.762. The first-order valence-corrected chi connectivity index (χ1v) is 11.5. The highest BCUT2D eigenvalue weighted by Gasteiger charge is 2.31. The van der Waals surface area contributed by atoms with Crippen molar-refractivity contribution in [2.45, 2.75) is 83.3 Å². The number of Topliss-reactive ketones (excluding diaryl/α,β-unsaturated/α-hetero) is 1. The molecular weight excluding hydrogens is 486 g/mol. The first-order valence-electron chi connectivity index (χ1n) is 10.6. The minimum Gasteiger partial charge on any atom is -0.465 e. The highest BCUT2D eigenvalue weighted by molar-refractivity contribution is 9.10. The van der Waals surface area contributed by atoms with Crippen molar-refractivity contribution in [3.8, 4) is 6.07 Å². The van der Waals surface area contributed by atoms with Gasteiger partial charge < -0.3 is 19.9 Å². The number of carbonyl (C=O) groups is 4. The maximum absolute atomic E-state index is 11.2. The minimum absolute atomic E-state index is 0.176. The van der Waals surface area contributed by atoms with E-state index in [0.717, 1.165) is 12.8 Å². The van der Waals surface area contributed by atoms with Gasteiger partial charge in [-0.1, -0.05) is 15.9 Å². The van der Waals surface area contributed by atoms with E-state index in [-0.39, 0.29) is 19.0 Å². The molecule has 0 aliphatic heterocycles. The van der Waals surface area contributed by atoms with Gasteiger partial charge in [0, 0.05) is 19.0 Å². The van der Waals surface area contributed by atoms with Gasteiger partial charge in [-0.05, 0) is 53.4 Å². The third kappa shape index (κ3) is 18.7. The molecule has 0 aromatic carbocycles. The predicted molar refractivity (Wildman–Crippen MR) is 122 cm³/mol. The standard InChI is InChI=1S/C9H15NO3.C7H11BrO4.C3H7N.C2H3N/c1-3-13-9(12)8(6(2)11)10-7-4-5-7;1-3-11-6(9)5(8)7(10)12-4-2;4-3-1-2-3;1-2-3/h7-8,10H,3-5H2,1-2H3;5H,3-4H2,1-2H3;3H,1-2,4H2;1H3. The molecule has 1 unspecified atom stereocenters. The molecule has 10 nitrogen and oxygen atoms in total. The van der Waals surface area contributed by atoms with Gasteiger partial charge in [-0.2, -0.15) is 5.26 Å². The Morgan fingerprint density at radius 3 is 1.56 bits per heavy atom. The molecule has 0 radical (unpaired) electrons. The largest absolute Gasteiger partial charge is 0.465 e. The number of halogens is 1. The number of nitrogens with two attached hydrogens (primary N) is 1. The summed E-state index contributed by atoms with van der Waals surface area (Å²) in [6, 6.07) is 1.91. The number of ether oxygens (including phenoxy) is 3. The Balaban J connectivity index is 0. The van der Waals surface area contributed by atoms with Crippen LogP contribution in [0.4, 0.5) is 0 Å². The number of nitriles is 1. The van der Waals surface area contributed by atoms with Crippen molar-refractivity contribution in [2.24, 2.45) is 5.73 Å². The maximum Gasteiger partial charge on any atom is 0.331 e. The van der Waals surface area contributed by atoms with Gasteiger partial charge in [0.05, 0.1) is 25.9 Å². The lowest BCUT2D eigenvalue weighted by Gasteiger charge is -2.13. The summed E-state index contributed by atoms with van der Waals surface area (Å²) in [5.41, 5.74) is 5.22. The Kier molecular flexibility index (Phi) is 19.7. The van der Waals surface area contributed by atoms with Crippen LogP contribution in [0.25, 0.3) is 0 Å². The Hall–Kier alpha value is -2.03. The molecule has 2 aliphatic carbocycles. The second-order valence-electron chi connectivity index (χ2n) is 6.66. The van der Waals surface area contributed by atoms with Crippen molar-refractivity contribution in [1.29, 1.82) is 5.26 Å². The number of carbonyl (C=O) groups excluding carboxylic acids is 4. The van der Waals surface area contributed by atoms with E-state index in [2.05, 4.69) is 30.7 Å². The van der Waals surface area contributed by atoms with Gasteiger partial charge >= 0.3 is 17.9 Å². The molecule has 0 aromatic rings. The van der Waals surface area contributed by atoms with Gasteiger partial charge in [0.15, 0.2) is 11.8 Å². The molecule has 0 heterocycles. The summed E-state index contributed by atoms with van der Waals surface area (Å²) in [5.74, 6) is -1.86. The first-order chi connectivity index (χ1) is 15.1. The van der Waals surface area contributed by atoms with E-state index in [1.807, 2.05) is 0 Å². The van der Waals surface area contributed by atoms with Gasteiger partial charge in [-0.15, -0.1) is 0 Å². The van der Waals surface area contributed by atoms with E-state index >= 15 is 0 Å². The first kappa shape index (κ1) is 32.2. The van der Waals surface area contributed by atoms with E-state index in [1.54, 1.807) is 26.8 Å². The lowest BCUT2D eigenvalue weighted by molar-refractivity contribution is -0.153. The molecule has 2 fully saturated rings. The third-order valence-corrected chi connectivity index (χ3v) is 4.27. The van der Waals surface area contributed by atoms with Crippen LogP contribution in [0.15, 0.2) is 0 Å². The third-order valence-electron chi connectivity index (χ3n) is 3.52. The van der Waals surface area contributed by atoms with Crippen LogP contribution in [0.1, 0.15) is 60.3 Å². The summed E-state index contributed by atoms with van der Waals surface area (Å²) >= 11 is 2.86. The van der Waals surface area contributed by atoms with Gasteiger partial charge in [-0.25, -0.2) is 4.79 Å². The van der Waals surface area contributed by atoms with Gasteiger partial charge in [0.1, 0.15) is 0 Å². The summed E-state index contributed by atoms with van der Waals surface area (Å²) in [6.45, 7) is 8.71. The summed E-state index contributed by atoms with van der Waals surface area (Å²) < 4.78 is 13.9. The SMILES string of the molecule is CC#N.CCOC(=O)C(Br)C(=O)OCC.CCOC(=O)C(NC1CC1)C(C)=O.NC1CC1. The molecule has 11 heteroatoms. The van der Waals surface area contributed by atoms with Crippen molar-refractivity contribution in [3.63, 3.8) is 0 Å². The van der Waals surface area contributed by atoms with Crippen molar-refractivity contribution in [1.82, 2.24) is 5.32 Å². The molecule has 3 N–H and O–H groups in total. The molecule has 2 saturated carbocycles. The molecule has 0 bridgehead atoms. The summed E-state index contributed by atoms with van der Waals surface area (Å²) in [6.07, 6.45) is 4.62. The predicted octanol–water partition coefficient (Wildman–Crippen LogP) is 1.77. The van der Waals surface area contributed by atoms with Crippen LogP contribution in [-0.2, 0) is 33.4 Å². The summed E-state index contributed by atoms with van der Waals surface area (Å²) in [4.78, 5) is 43.1. The van der Waals surface area contributed by atoms with Gasteiger partial charge in [-0.3, -0.25) is 19.7 Å². The molecule has 2 aliphatic rings. The van der Waals surface area contributed by atoms with Crippen LogP contribution >= 0.6 is 15.9 Å². The number of rotatable bonds is 9. The topological polar surface area (TPSA) is 158 Å². The Labute approximate surface area is 198 Å². The zero-order valence-corrected chi connectivity index (χ0v) is 21.1. The lowest BCUT2D eigenvalue weighted by atomic mass is 10.2. The normalized spacial score (nSPS) is 14.5. The average molecular weight is 522 g/mol. The smallest absolute Gasteiger partial charge is 0.331 e. The molecule has 1 atom stereocenters. The average Bonchev–Trinajstić information content (AvgIpc) is 3.65. The van der Waals surface area contributed by atoms with E-state index in [0.29, 0.717) is 18.7 Å². The zero-order chi connectivity index (χ0) is 25.1. The fourth-order valence-corrected chi connectivity index (χ4v) is 1.95. The molecule has 184 valence electrons. The van der Waals surface area contributed by atoms with E-state index in [9.17, 15) is 19.2 Å². The van der Waals surface area contributed by atoms with Crippen LogP contribution in [0.3, 0.4) is 0 Å². The number of ketones is 1. The number of nitrogens with zero attached hydrogens (tertiary/aromatic N) is 1. The fourth-order valence-electron chi connectivity index (χ4n) is 1.69. The molecular formula is C21H36BrN3O7. The van der Waals surface area contributed by atoms with E-state index in [1.165, 1.54) is 26.7 Å². The highest BCUT2D eigenvalue weighted by Crippen LogP contribution is 2.19. The molecule has 0 saturated heterocycles.